The molecule has 28 heavy (non-hydrogen) atoms. The van der Waals surface area contributed by atoms with Crippen LogP contribution in [0.25, 0.3) is 32.6 Å². The molecule has 0 saturated carbocycles. The molecule has 0 radical (unpaired) electrons. The van der Waals surface area contributed by atoms with E-state index in [1.54, 1.807) is 29.5 Å². The minimum absolute atomic E-state index is 0.261. The summed E-state index contributed by atoms with van der Waals surface area (Å²) in [5.41, 5.74) is 1.92. The van der Waals surface area contributed by atoms with Gasteiger partial charge in [-0.3, -0.25) is 4.79 Å². The van der Waals surface area contributed by atoms with Gasteiger partial charge in [0, 0.05) is 22.4 Å². The molecule has 0 saturated heterocycles. The van der Waals surface area contributed by atoms with Gasteiger partial charge in [0.1, 0.15) is 5.01 Å². The zero-order valence-electron chi connectivity index (χ0n) is 14.9. The maximum Gasteiger partial charge on any atom is 0.259 e. The highest BCUT2D eigenvalue weighted by Crippen LogP contribution is 2.31. The van der Waals surface area contributed by atoms with Crippen molar-refractivity contribution in [3.63, 3.8) is 0 Å². The second-order valence-corrected chi connectivity index (χ2v) is 7.77. The van der Waals surface area contributed by atoms with Crippen molar-refractivity contribution in [1.82, 2.24) is 15.0 Å². The van der Waals surface area contributed by atoms with Crippen molar-refractivity contribution < 1.29 is 9.47 Å². The van der Waals surface area contributed by atoms with Gasteiger partial charge in [0.2, 0.25) is 0 Å². The molecule has 0 aliphatic rings. The highest BCUT2D eigenvalue weighted by molar-refractivity contribution is 7.14. The Bertz CT molecular complexity index is 1230. The number of rotatable bonds is 5. The largest absolute Gasteiger partial charge is 0.493 e. The number of benzene rings is 1. The molecule has 0 aliphatic carbocycles. The van der Waals surface area contributed by atoms with E-state index >= 15 is 0 Å². The molecule has 4 aromatic rings. The number of nitrogens with one attached hydrogen (secondary N) is 1. The lowest BCUT2D eigenvalue weighted by Gasteiger charge is -2.09. The summed E-state index contributed by atoms with van der Waals surface area (Å²) >= 11 is 9.57. The van der Waals surface area contributed by atoms with Crippen LogP contribution in [-0.4, -0.2) is 29.2 Å². The number of ether oxygens (including phenoxy) is 2. The Hall–Kier alpha value is -2.68. The topological polar surface area (TPSA) is 77.1 Å². The zero-order chi connectivity index (χ0) is 19.7. The van der Waals surface area contributed by atoms with Crippen LogP contribution in [0.2, 0.25) is 0 Å². The van der Waals surface area contributed by atoms with Crippen molar-refractivity contribution in [3.05, 3.63) is 56.2 Å². The van der Waals surface area contributed by atoms with Gasteiger partial charge in [0.25, 0.3) is 5.56 Å². The monoisotopic (exact) mass is 431 g/mol. The van der Waals surface area contributed by atoms with Crippen molar-refractivity contribution >= 4 is 56.3 Å². The summed E-state index contributed by atoms with van der Waals surface area (Å²) < 4.78 is 10.5. The molecule has 9 heteroatoms. The van der Waals surface area contributed by atoms with Gasteiger partial charge in [-0.2, -0.15) is 11.3 Å². The number of thiophene rings is 1. The Morgan fingerprint density at radius 1 is 1.18 bits per heavy atom. The third-order valence-electron chi connectivity index (χ3n) is 4.00. The molecule has 0 fully saturated rings. The van der Waals surface area contributed by atoms with Gasteiger partial charge in [0.05, 0.1) is 35.8 Å². The average Bonchev–Trinajstić information content (AvgIpc) is 3.38. The molecule has 3 heterocycles. The normalized spacial score (nSPS) is 11.8. The highest BCUT2D eigenvalue weighted by atomic mass is 35.5. The fraction of sp³-hybridized carbons (Fsp3) is 0.105. The van der Waals surface area contributed by atoms with E-state index in [0.717, 1.165) is 10.6 Å². The van der Waals surface area contributed by atoms with E-state index in [-0.39, 0.29) is 16.4 Å². The van der Waals surface area contributed by atoms with Crippen LogP contribution in [0.3, 0.4) is 0 Å². The molecular formula is C19H14ClN3O3S2. The molecule has 0 spiro atoms. The van der Waals surface area contributed by atoms with Crippen LogP contribution >= 0.6 is 34.3 Å². The number of hydrogen-bond acceptors (Lipinski definition) is 7. The van der Waals surface area contributed by atoms with Gasteiger partial charge in [-0.25, -0.2) is 9.97 Å². The van der Waals surface area contributed by atoms with Gasteiger partial charge in [-0.15, -0.1) is 11.3 Å². The molecule has 3 aromatic heterocycles. The van der Waals surface area contributed by atoms with Crippen molar-refractivity contribution in [2.75, 3.05) is 14.2 Å². The van der Waals surface area contributed by atoms with Gasteiger partial charge in [0.15, 0.2) is 17.3 Å². The third-order valence-corrected chi connectivity index (χ3v) is 5.88. The number of H-pyrrole nitrogens is 1. The molecular weight excluding hydrogens is 418 g/mol. The maximum absolute atomic E-state index is 12.5. The maximum atomic E-state index is 12.5. The fourth-order valence-corrected chi connectivity index (χ4v) is 4.34. The standard InChI is InChI=1S/C19H14ClN3O3S2/c1-25-15-6-12-14(7-16(15)26-2)22-17(23-18(12)24)13(20)5-11-9-28-19(21-11)10-3-4-27-8-10/h3-9H,1-2H3,(H,22,23,24). The number of hydrogen-bond donors (Lipinski definition) is 1. The number of nitrogens with zero attached hydrogens (tertiary/aromatic N) is 2. The fourth-order valence-electron chi connectivity index (χ4n) is 2.65. The van der Waals surface area contributed by atoms with Crippen molar-refractivity contribution in [2.45, 2.75) is 0 Å². The van der Waals surface area contributed by atoms with Crippen LogP contribution in [0.15, 0.2) is 39.1 Å². The predicted molar refractivity (Wildman–Crippen MR) is 115 cm³/mol. The van der Waals surface area contributed by atoms with Crippen molar-refractivity contribution in [3.8, 4) is 22.1 Å². The first-order valence-corrected chi connectivity index (χ1v) is 10.3. The van der Waals surface area contributed by atoms with E-state index in [4.69, 9.17) is 21.1 Å². The van der Waals surface area contributed by atoms with E-state index in [2.05, 4.69) is 15.0 Å². The van der Waals surface area contributed by atoms with Gasteiger partial charge < -0.3 is 14.5 Å². The lowest BCUT2D eigenvalue weighted by atomic mass is 10.2. The van der Waals surface area contributed by atoms with Crippen LogP contribution in [0, 0.1) is 0 Å². The lowest BCUT2D eigenvalue weighted by molar-refractivity contribution is 0.355. The van der Waals surface area contributed by atoms with Crippen molar-refractivity contribution in [1.29, 1.82) is 0 Å². The smallest absolute Gasteiger partial charge is 0.259 e. The average molecular weight is 432 g/mol. The predicted octanol–water partition coefficient (Wildman–Crippen LogP) is 4.86. The van der Waals surface area contributed by atoms with Crippen molar-refractivity contribution in [2.24, 2.45) is 0 Å². The molecule has 1 N–H and O–H groups in total. The molecule has 4 rings (SSSR count). The minimum Gasteiger partial charge on any atom is -0.493 e. The van der Waals surface area contributed by atoms with Crippen LogP contribution < -0.4 is 15.0 Å². The Morgan fingerprint density at radius 3 is 2.68 bits per heavy atom. The molecule has 1 aromatic carbocycles. The van der Waals surface area contributed by atoms with Gasteiger partial charge >= 0.3 is 0 Å². The summed E-state index contributed by atoms with van der Waals surface area (Å²) in [5, 5.41) is 7.54. The number of aromatic amines is 1. The number of methoxy groups -OCH3 is 2. The summed E-state index contributed by atoms with van der Waals surface area (Å²) in [6, 6.07) is 5.26. The molecule has 6 nitrogen and oxygen atoms in total. The highest BCUT2D eigenvalue weighted by Gasteiger charge is 2.13. The minimum atomic E-state index is -0.315. The zero-order valence-corrected chi connectivity index (χ0v) is 17.2. The van der Waals surface area contributed by atoms with Gasteiger partial charge in [-0.1, -0.05) is 11.6 Å². The summed E-state index contributed by atoms with van der Waals surface area (Å²) in [5.74, 6) is 1.20. The molecule has 0 bridgehead atoms. The third kappa shape index (κ3) is 3.54. The van der Waals surface area contributed by atoms with Crippen LogP contribution in [0.5, 0.6) is 11.5 Å². The molecule has 0 aliphatic heterocycles. The first-order chi connectivity index (χ1) is 13.6. The first kappa shape index (κ1) is 18.7. The van der Waals surface area contributed by atoms with Crippen LogP contribution in [-0.2, 0) is 0 Å². The second-order valence-electron chi connectivity index (χ2n) is 5.72. The summed E-state index contributed by atoms with van der Waals surface area (Å²) in [4.78, 5) is 24.2. The number of halogens is 1. The summed E-state index contributed by atoms with van der Waals surface area (Å²) in [6.45, 7) is 0. The number of aromatic nitrogens is 3. The Morgan fingerprint density at radius 2 is 1.96 bits per heavy atom. The molecule has 0 unspecified atom stereocenters. The number of fused-ring (bicyclic) bond motifs is 1. The molecule has 142 valence electrons. The van der Waals surface area contributed by atoms with Crippen LogP contribution in [0.1, 0.15) is 11.5 Å². The lowest BCUT2D eigenvalue weighted by Crippen LogP contribution is -2.11. The summed E-state index contributed by atoms with van der Waals surface area (Å²) in [6.07, 6.45) is 1.68. The van der Waals surface area contributed by atoms with E-state index in [1.165, 1.54) is 25.6 Å². The number of thiazole rings is 1. The Labute approximate surface area is 173 Å². The Balaban J connectivity index is 1.74. The van der Waals surface area contributed by atoms with E-state index in [9.17, 15) is 4.79 Å². The summed E-state index contributed by atoms with van der Waals surface area (Å²) in [7, 11) is 3.04. The van der Waals surface area contributed by atoms with E-state index in [0.29, 0.717) is 28.1 Å². The molecule has 0 amide bonds. The second kappa shape index (κ2) is 7.75. The van der Waals surface area contributed by atoms with E-state index in [1.807, 2.05) is 22.2 Å². The van der Waals surface area contributed by atoms with E-state index < -0.39 is 0 Å². The first-order valence-electron chi connectivity index (χ1n) is 8.10. The SMILES string of the molecule is COc1cc2nc(C(Cl)=Cc3csc(-c4ccsc4)n3)[nH]c(=O)c2cc1OC. The van der Waals surface area contributed by atoms with Gasteiger partial charge in [-0.05, 0) is 23.6 Å². The quantitative estimate of drug-likeness (QED) is 0.488. The Kier molecular flexibility index (Phi) is 5.17. The molecule has 0 atom stereocenters. The van der Waals surface area contributed by atoms with Crippen LogP contribution in [0.4, 0.5) is 0 Å².